The van der Waals surface area contributed by atoms with Crippen molar-refractivity contribution in [1.29, 1.82) is 0 Å². The molecule has 2 rings (SSSR count). The molecule has 2 N–H and O–H groups in total. The zero-order valence-corrected chi connectivity index (χ0v) is 14.8. The van der Waals surface area contributed by atoms with E-state index in [1.807, 2.05) is 33.8 Å². The van der Waals surface area contributed by atoms with Gasteiger partial charge in [0, 0.05) is 24.0 Å². The highest BCUT2D eigenvalue weighted by Gasteiger charge is 2.17. The molecule has 1 amide bonds. The van der Waals surface area contributed by atoms with Crippen molar-refractivity contribution >= 4 is 17.5 Å². The lowest BCUT2D eigenvalue weighted by molar-refractivity contribution is 0.0950. The van der Waals surface area contributed by atoms with Gasteiger partial charge >= 0.3 is 0 Å². The van der Waals surface area contributed by atoms with Crippen LogP contribution >= 0.6 is 11.6 Å². The minimum absolute atomic E-state index is 0.109. The summed E-state index contributed by atoms with van der Waals surface area (Å²) < 4.78 is 5.47. The number of aromatic amines is 1. The highest BCUT2D eigenvalue weighted by molar-refractivity contribution is 6.35. The van der Waals surface area contributed by atoms with E-state index in [4.69, 9.17) is 16.3 Å². The summed E-state index contributed by atoms with van der Waals surface area (Å²) in [5.74, 6) is -0.181. The third-order valence-electron chi connectivity index (χ3n) is 3.37. The van der Waals surface area contributed by atoms with E-state index < -0.39 is 5.91 Å². The van der Waals surface area contributed by atoms with Crippen molar-refractivity contribution in [3.63, 3.8) is 0 Å². The molecule has 0 aliphatic carbocycles. The molecular formula is C17H20ClN3O3. The SMILES string of the molecule is Cc1cc(C)c(CNC(=O)c2ccnc(OC(C)C)c2Cl)c(=O)[nH]1. The number of hydrogen-bond donors (Lipinski definition) is 2. The van der Waals surface area contributed by atoms with Gasteiger partial charge < -0.3 is 15.0 Å². The molecule has 24 heavy (non-hydrogen) atoms. The second-order valence-electron chi connectivity index (χ2n) is 5.77. The highest BCUT2D eigenvalue weighted by Crippen LogP contribution is 2.26. The van der Waals surface area contributed by atoms with E-state index in [1.165, 1.54) is 12.3 Å². The quantitative estimate of drug-likeness (QED) is 0.869. The zero-order chi connectivity index (χ0) is 17.9. The number of hydrogen-bond acceptors (Lipinski definition) is 4. The van der Waals surface area contributed by atoms with Crippen LogP contribution in [0.25, 0.3) is 0 Å². The van der Waals surface area contributed by atoms with Crippen molar-refractivity contribution in [2.45, 2.75) is 40.3 Å². The first-order valence-corrected chi connectivity index (χ1v) is 7.96. The monoisotopic (exact) mass is 349 g/mol. The fourth-order valence-corrected chi connectivity index (χ4v) is 2.51. The number of rotatable bonds is 5. The van der Waals surface area contributed by atoms with Crippen LogP contribution < -0.4 is 15.6 Å². The first-order valence-electron chi connectivity index (χ1n) is 7.58. The number of amides is 1. The molecule has 0 fully saturated rings. The molecule has 0 aliphatic heterocycles. The molecule has 128 valence electrons. The Morgan fingerprint density at radius 1 is 1.42 bits per heavy atom. The highest BCUT2D eigenvalue weighted by atomic mass is 35.5. The van der Waals surface area contributed by atoms with Crippen molar-refractivity contribution in [2.24, 2.45) is 0 Å². The molecule has 0 bridgehead atoms. The molecule has 0 saturated heterocycles. The minimum atomic E-state index is -0.393. The predicted molar refractivity (Wildman–Crippen MR) is 92.7 cm³/mol. The largest absolute Gasteiger partial charge is 0.474 e. The topological polar surface area (TPSA) is 84.1 Å². The number of nitrogens with zero attached hydrogens (tertiary/aromatic N) is 1. The molecule has 6 nitrogen and oxygen atoms in total. The van der Waals surface area contributed by atoms with Crippen LogP contribution in [0.15, 0.2) is 23.1 Å². The molecule has 0 aliphatic rings. The number of carbonyl (C=O) groups is 1. The molecule has 2 aromatic heterocycles. The molecule has 2 heterocycles. The third-order valence-corrected chi connectivity index (χ3v) is 3.73. The molecule has 7 heteroatoms. The summed E-state index contributed by atoms with van der Waals surface area (Å²) in [4.78, 5) is 31.1. The molecule has 2 aromatic rings. The molecule has 0 saturated carbocycles. The number of nitrogens with one attached hydrogen (secondary N) is 2. The maximum absolute atomic E-state index is 12.4. The van der Waals surface area contributed by atoms with Gasteiger partial charge in [0.2, 0.25) is 5.88 Å². The Kier molecular flexibility index (Phi) is 5.62. The van der Waals surface area contributed by atoms with E-state index in [-0.39, 0.29) is 34.7 Å². The fourth-order valence-electron chi connectivity index (χ4n) is 2.27. The van der Waals surface area contributed by atoms with E-state index in [9.17, 15) is 9.59 Å². The number of aryl methyl sites for hydroxylation is 2. The molecular weight excluding hydrogens is 330 g/mol. The number of H-pyrrole nitrogens is 1. The van der Waals surface area contributed by atoms with Crippen LogP contribution in [0.2, 0.25) is 5.02 Å². The maximum atomic E-state index is 12.4. The molecule has 0 spiro atoms. The van der Waals surface area contributed by atoms with Crippen LogP contribution in [-0.2, 0) is 6.54 Å². The van der Waals surface area contributed by atoms with Crippen LogP contribution in [0.1, 0.15) is 41.0 Å². The van der Waals surface area contributed by atoms with Crippen LogP contribution in [0, 0.1) is 13.8 Å². The van der Waals surface area contributed by atoms with E-state index in [2.05, 4.69) is 15.3 Å². The first-order chi connectivity index (χ1) is 11.3. The zero-order valence-electron chi connectivity index (χ0n) is 14.1. The minimum Gasteiger partial charge on any atom is -0.474 e. The van der Waals surface area contributed by atoms with Gasteiger partial charge in [-0.1, -0.05) is 11.6 Å². The third kappa shape index (κ3) is 4.14. The van der Waals surface area contributed by atoms with Gasteiger partial charge in [-0.2, -0.15) is 0 Å². The lowest BCUT2D eigenvalue weighted by atomic mass is 10.1. The Labute approximate surface area is 145 Å². The van der Waals surface area contributed by atoms with Gasteiger partial charge in [0.25, 0.3) is 11.5 Å². The number of ether oxygens (including phenoxy) is 1. The average molecular weight is 350 g/mol. The van der Waals surface area contributed by atoms with Crippen LogP contribution in [-0.4, -0.2) is 22.0 Å². The first kappa shape index (κ1) is 18.0. The van der Waals surface area contributed by atoms with Crippen LogP contribution in [0.5, 0.6) is 5.88 Å². The lowest BCUT2D eigenvalue weighted by Crippen LogP contribution is -2.28. The number of aromatic nitrogens is 2. The van der Waals surface area contributed by atoms with E-state index in [0.717, 1.165) is 11.3 Å². The van der Waals surface area contributed by atoms with Gasteiger partial charge in [0.05, 0.1) is 11.7 Å². The Morgan fingerprint density at radius 2 is 2.12 bits per heavy atom. The van der Waals surface area contributed by atoms with Crippen LogP contribution in [0.4, 0.5) is 0 Å². The second-order valence-corrected chi connectivity index (χ2v) is 6.15. The van der Waals surface area contributed by atoms with Gasteiger partial charge in [0.15, 0.2) is 0 Å². The van der Waals surface area contributed by atoms with Gasteiger partial charge in [0.1, 0.15) is 5.02 Å². The van der Waals surface area contributed by atoms with Crippen molar-refractivity contribution in [2.75, 3.05) is 0 Å². The molecule has 0 aromatic carbocycles. The second kappa shape index (κ2) is 7.49. The maximum Gasteiger partial charge on any atom is 0.253 e. The van der Waals surface area contributed by atoms with Crippen molar-refractivity contribution in [3.8, 4) is 5.88 Å². The fraction of sp³-hybridized carbons (Fsp3) is 0.353. The smallest absolute Gasteiger partial charge is 0.253 e. The molecule has 0 atom stereocenters. The van der Waals surface area contributed by atoms with Gasteiger partial charge in [-0.15, -0.1) is 0 Å². The standard InChI is InChI=1S/C17H20ClN3O3/c1-9(2)24-17-14(18)12(5-6-19-17)15(22)20-8-13-10(3)7-11(4)21-16(13)23/h5-7,9H,8H2,1-4H3,(H,20,22)(H,21,23). The summed E-state index contributed by atoms with van der Waals surface area (Å²) in [5.41, 5.74) is 2.15. The van der Waals surface area contributed by atoms with Gasteiger partial charge in [-0.25, -0.2) is 4.98 Å². The summed E-state index contributed by atoms with van der Waals surface area (Å²) in [6.07, 6.45) is 1.35. The van der Waals surface area contributed by atoms with Gasteiger partial charge in [-0.05, 0) is 45.4 Å². The summed E-state index contributed by atoms with van der Waals surface area (Å²) >= 11 is 6.20. The Bertz CT molecular complexity index is 815. The van der Waals surface area contributed by atoms with Crippen molar-refractivity contribution in [1.82, 2.24) is 15.3 Å². The number of pyridine rings is 2. The predicted octanol–water partition coefficient (Wildman–Crippen LogP) is 2.76. The Morgan fingerprint density at radius 3 is 2.75 bits per heavy atom. The Hall–Kier alpha value is -2.34. The van der Waals surface area contributed by atoms with E-state index >= 15 is 0 Å². The summed E-state index contributed by atoms with van der Waals surface area (Å²) in [5, 5.41) is 2.86. The molecule has 0 unspecified atom stereocenters. The van der Waals surface area contributed by atoms with Crippen molar-refractivity contribution in [3.05, 3.63) is 56.1 Å². The lowest BCUT2D eigenvalue weighted by Gasteiger charge is -2.13. The van der Waals surface area contributed by atoms with Gasteiger partial charge in [-0.3, -0.25) is 9.59 Å². The summed E-state index contributed by atoms with van der Waals surface area (Å²) in [6.45, 7) is 7.44. The van der Waals surface area contributed by atoms with E-state index in [0.29, 0.717) is 5.56 Å². The Balaban J connectivity index is 2.18. The number of halogens is 1. The summed E-state index contributed by atoms with van der Waals surface area (Å²) in [6, 6.07) is 3.37. The molecule has 0 radical (unpaired) electrons. The normalized spacial score (nSPS) is 10.8. The van der Waals surface area contributed by atoms with Crippen molar-refractivity contribution < 1.29 is 9.53 Å². The summed E-state index contributed by atoms with van der Waals surface area (Å²) in [7, 11) is 0. The average Bonchev–Trinajstić information content (AvgIpc) is 2.47. The van der Waals surface area contributed by atoms with E-state index in [1.54, 1.807) is 0 Å². The van der Waals surface area contributed by atoms with Crippen LogP contribution in [0.3, 0.4) is 0 Å². The number of carbonyl (C=O) groups excluding carboxylic acids is 1.